The zero-order chi connectivity index (χ0) is 37.4. The van der Waals surface area contributed by atoms with E-state index in [4.69, 9.17) is 4.98 Å². The van der Waals surface area contributed by atoms with Crippen LogP contribution < -0.4 is 0 Å². The highest BCUT2D eigenvalue weighted by Crippen LogP contribution is 2.62. The van der Waals surface area contributed by atoms with Crippen LogP contribution in [0.5, 0.6) is 0 Å². The van der Waals surface area contributed by atoms with E-state index in [1.165, 1.54) is 72.0 Å². The Hall–Kier alpha value is -6.83. The Morgan fingerprint density at radius 1 is 0.304 bits per heavy atom. The molecule has 0 bridgehead atoms. The van der Waals surface area contributed by atoms with Crippen LogP contribution in [0, 0.1) is 0 Å². The van der Waals surface area contributed by atoms with Gasteiger partial charge in [-0.3, -0.25) is 0 Å². The molecule has 0 saturated heterocycles. The molecule has 0 aliphatic heterocycles. The monoisotopic (exact) mass is 713 g/mol. The van der Waals surface area contributed by atoms with Gasteiger partial charge in [0.05, 0.1) is 16.8 Å². The molecule has 1 nitrogen and oxygen atoms in total. The topological polar surface area (TPSA) is 12.9 Å². The molecule has 56 heavy (non-hydrogen) atoms. The zero-order valence-corrected chi connectivity index (χ0v) is 31.5. The van der Waals surface area contributed by atoms with E-state index < -0.39 is 5.41 Å². The van der Waals surface area contributed by atoms with Crippen molar-refractivity contribution in [3.8, 4) is 55.9 Å². The lowest BCUT2D eigenvalue weighted by molar-refractivity contribution is 0.563. The van der Waals surface area contributed by atoms with Gasteiger partial charge in [0.1, 0.15) is 0 Å². The minimum Gasteiger partial charge on any atom is -0.248 e. The Labute approximate surface area is 328 Å². The number of hydrogen-bond acceptors (Lipinski definition) is 1. The Kier molecular flexibility index (Phi) is 7.18. The van der Waals surface area contributed by atoms with Crippen LogP contribution in [0.1, 0.15) is 47.2 Å². The Balaban J connectivity index is 1.11. The minimum atomic E-state index is -0.398. The van der Waals surface area contributed by atoms with Crippen LogP contribution in [0.25, 0.3) is 66.7 Å². The van der Waals surface area contributed by atoms with E-state index in [1.807, 2.05) is 0 Å². The number of fused-ring (bicyclic) bond motifs is 10. The van der Waals surface area contributed by atoms with Gasteiger partial charge in [0.15, 0.2) is 0 Å². The Morgan fingerprint density at radius 3 is 1.48 bits per heavy atom. The first kappa shape index (κ1) is 32.6. The molecule has 1 spiro atoms. The second-order valence-corrected chi connectivity index (χ2v) is 15.8. The molecule has 11 rings (SSSR count). The molecule has 1 heterocycles. The number of aromatic nitrogens is 1. The number of benzene rings is 8. The molecule has 9 aromatic rings. The van der Waals surface area contributed by atoms with Crippen LogP contribution in [0.3, 0.4) is 0 Å². The van der Waals surface area contributed by atoms with E-state index in [-0.39, 0.29) is 5.41 Å². The van der Waals surface area contributed by atoms with E-state index >= 15 is 0 Å². The molecule has 0 fully saturated rings. The van der Waals surface area contributed by atoms with Crippen molar-refractivity contribution >= 4 is 10.8 Å². The largest absolute Gasteiger partial charge is 0.248 e. The summed E-state index contributed by atoms with van der Waals surface area (Å²) in [5, 5.41) is 2.41. The second-order valence-electron chi connectivity index (χ2n) is 15.8. The van der Waals surface area contributed by atoms with Gasteiger partial charge in [-0.05, 0) is 95.7 Å². The molecule has 2 aliphatic rings. The highest BCUT2D eigenvalue weighted by atomic mass is 14.7. The third-order valence-corrected chi connectivity index (χ3v) is 12.6. The fraction of sp³-hybridized carbons (Fsp3) is 0.0727. The lowest BCUT2D eigenvalue weighted by atomic mass is 9.55. The predicted molar refractivity (Wildman–Crippen MR) is 233 cm³/mol. The number of hydrogen-bond donors (Lipinski definition) is 0. The summed E-state index contributed by atoms with van der Waals surface area (Å²) >= 11 is 0. The minimum absolute atomic E-state index is 0.117. The smallest absolute Gasteiger partial charge is 0.0721 e. The van der Waals surface area contributed by atoms with Crippen molar-refractivity contribution in [1.82, 2.24) is 4.98 Å². The van der Waals surface area contributed by atoms with Crippen molar-refractivity contribution in [2.24, 2.45) is 0 Å². The second kappa shape index (κ2) is 12.3. The van der Waals surface area contributed by atoms with Crippen molar-refractivity contribution in [2.75, 3.05) is 0 Å². The van der Waals surface area contributed by atoms with Gasteiger partial charge in [0, 0.05) is 16.5 Å². The molecule has 0 radical (unpaired) electrons. The molecule has 0 atom stereocenters. The SMILES string of the molecule is CC1(C)c2ccccc2C2(c3ccccc3-c3cc(-c4ccc(-c5cc(-c6ccccc6)cc(-c6ccccc6)n5)c5ccccc45)ccc32)c2ccccc21. The zero-order valence-electron chi connectivity index (χ0n) is 31.5. The summed E-state index contributed by atoms with van der Waals surface area (Å²) in [6, 6.07) is 73.7. The molecular weight excluding hydrogens is 675 g/mol. The average molecular weight is 714 g/mol. The Morgan fingerprint density at radius 2 is 0.804 bits per heavy atom. The average Bonchev–Trinajstić information content (AvgIpc) is 3.56. The molecular formula is C55H39N. The molecule has 0 amide bonds. The van der Waals surface area contributed by atoms with Crippen molar-refractivity contribution < 1.29 is 0 Å². The van der Waals surface area contributed by atoms with Gasteiger partial charge in [0.2, 0.25) is 0 Å². The lowest BCUT2D eigenvalue weighted by Crippen LogP contribution is -2.40. The van der Waals surface area contributed by atoms with E-state index in [9.17, 15) is 0 Å². The van der Waals surface area contributed by atoms with E-state index in [0.717, 1.165) is 28.1 Å². The summed E-state index contributed by atoms with van der Waals surface area (Å²) in [6.45, 7) is 4.76. The highest BCUT2D eigenvalue weighted by molar-refractivity contribution is 6.05. The summed E-state index contributed by atoms with van der Waals surface area (Å²) in [6.07, 6.45) is 0. The van der Waals surface area contributed by atoms with Crippen molar-refractivity contribution in [3.63, 3.8) is 0 Å². The van der Waals surface area contributed by atoms with E-state index in [0.29, 0.717) is 0 Å². The van der Waals surface area contributed by atoms with Gasteiger partial charge >= 0.3 is 0 Å². The van der Waals surface area contributed by atoms with Crippen molar-refractivity contribution in [2.45, 2.75) is 24.7 Å². The molecule has 0 saturated carbocycles. The molecule has 0 N–H and O–H groups in total. The summed E-state index contributed by atoms with van der Waals surface area (Å²) in [7, 11) is 0. The predicted octanol–water partition coefficient (Wildman–Crippen LogP) is 13.9. The fourth-order valence-electron chi connectivity index (χ4n) is 10.0. The van der Waals surface area contributed by atoms with Gasteiger partial charge in [-0.1, -0.05) is 196 Å². The van der Waals surface area contributed by atoms with Crippen LogP contribution >= 0.6 is 0 Å². The number of nitrogens with zero attached hydrogens (tertiary/aromatic N) is 1. The quantitative estimate of drug-likeness (QED) is 0.177. The van der Waals surface area contributed by atoms with Crippen LogP contribution in [0.4, 0.5) is 0 Å². The van der Waals surface area contributed by atoms with Gasteiger partial charge in [0.25, 0.3) is 0 Å². The van der Waals surface area contributed by atoms with Gasteiger partial charge in [-0.2, -0.15) is 0 Å². The highest BCUT2D eigenvalue weighted by Gasteiger charge is 2.53. The van der Waals surface area contributed by atoms with Crippen LogP contribution in [0.2, 0.25) is 0 Å². The van der Waals surface area contributed by atoms with Crippen molar-refractivity contribution in [3.05, 3.63) is 234 Å². The molecule has 8 aromatic carbocycles. The van der Waals surface area contributed by atoms with E-state index in [2.05, 4.69) is 214 Å². The molecule has 1 heteroatoms. The first-order valence-electron chi connectivity index (χ1n) is 19.6. The normalized spacial score (nSPS) is 14.2. The molecule has 264 valence electrons. The first-order chi connectivity index (χ1) is 27.5. The summed E-state index contributed by atoms with van der Waals surface area (Å²) in [5.41, 5.74) is 19.3. The number of pyridine rings is 1. The standard InChI is InChI=1S/C55H39N/c1-54(2)48-25-13-15-27-50(48)55(51-28-16-14-26-49(51)54)46-24-12-11-23-43(46)45-33-38(29-32-47(45)55)40-30-31-44(42-22-10-9-21-41(40)42)53-35-39(36-17-5-3-6-18-36)34-52(56-53)37-19-7-4-8-20-37/h3-35H,1-2H3. The first-order valence-corrected chi connectivity index (χ1v) is 19.6. The Bertz CT molecular complexity index is 2880. The summed E-state index contributed by atoms with van der Waals surface area (Å²) in [4.78, 5) is 5.32. The number of rotatable bonds is 4. The van der Waals surface area contributed by atoms with Gasteiger partial charge in [-0.25, -0.2) is 4.98 Å². The lowest BCUT2D eigenvalue weighted by Gasteiger charge is -2.46. The van der Waals surface area contributed by atoms with Crippen molar-refractivity contribution in [1.29, 1.82) is 0 Å². The summed E-state index contributed by atoms with van der Waals surface area (Å²) < 4.78 is 0. The molecule has 2 aliphatic carbocycles. The molecule has 1 aromatic heterocycles. The fourth-order valence-corrected chi connectivity index (χ4v) is 10.0. The van der Waals surface area contributed by atoms with Gasteiger partial charge in [-0.15, -0.1) is 0 Å². The van der Waals surface area contributed by atoms with Crippen LogP contribution in [-0.2, 0) is 10.8 Å². The maximum Gasteiger partial charge on any atom is 0.0721 e. The third kappa shape index (κ3) is 4.64. The maximum absolute atomic E-state index is 5.32. The third-order valence-electron chi connectivity index (χ3n) is 12.6. The summed E-state index contributed by atoms with van der Waals surface area (Å²) in [5.74, 6) is 0. The maximum atomic E-state index is 5.32. The van der Waals surface area contributed by atoms with E-state index in [1.54, 1.807) is 0 Å². The van der Waals surface area contributed by atoms with Crippen LogP contribution in [0.15, 0.2) is 200 Å². The molecule has 0 unspecified atom stereocenters. The van der Waals surface area contributed by atoms with Crippen LogP contribution in [-0.4, -0.2) is 4.98 Å². The van der Waals surface area contributed by atoms with Gasteiger partial charge < -0.3 is 0 Å².